The van der Waals surface area contributed by atoms with E-state index in [1.807, 2.05) is 0 Å². The van der Waals surface area contributed by atoms with Crippen LogP contribution in [-0.4, -0.2) is 31.3 Å². The highest BCUT2D eigenvalue weighted by Crippen LogP contribution is 2.25. The van der Waals surface area contributed by atoms with E-state index in [9.17, 15) is 23.9 Å². The number of rotatable bonds is 34. The second-order valence-corrected chi connectivity index (χ2v) is 13.7. The third kappa shape index (κ3) is 35.4. The zero-order valence-corrected chi connectivity index (χ0v) is 30.3. The van der Waals surface area contributed by atoms with Gasteiger partial charge in [0.05, 0.1) is 14.4 Å². The summed E-state index contributed by atoms with van der Waals surface area (Å²) in [5.74, 6) is -0.970. The minimum absolute atomic E-state index is 0.171. The van der Waals surface area contributed by atoms with E-state index in [0.717, 1.165) is 64.2 Å². The lowest BCUT2D eigenvalue weighted by Gasteiger charge is -2.30. The van der Waals surface area contributed by atoms with Gasteiger partial charge in [-0.05, 0) is 64.2 Å². The fourth-order valence-corrected chi connectivity index (χ4v) is 5.47. The Hall–Kier alpha value is -1.47. The zero-order chi connectivity index (χ0) is 34.0. The van der Waals surface area contributed by atoms with Gasteiger partial charge >= 0.3 is 11.9 Å². The summed E-state index contributed by atoms with van der Waals surface area (Å²) in [5.41, 5.74) is 0. The van der Waals surface area contributed by atoms with Gasteiger partial charge in [-0.15, -0.1) is 0 Å². The van der Waals surface area contributed by atoms with Crippen molar-refractivity contribution in [3.8, 4) is 0 Å². The first-order chi connectivity index (χ1) is 22.3. The zero-order valence-electron chi connectivity index (χ0n) is 29.4. The number of unbranched alkanes of at least 4 members (excludes halogenated alkanes) is 20. The molecule has 0 fully saturated rings. The molecule has 0 aromatic carbocycles. The van der Waals surface area contributed by atoms with Gasteiger partial charge in [0, 0.05) is 12.8 Å². The summed E-state index contributed by atoms with van der Waals surface area (Å²) < 4.78 is 25.7. The molecule has 0 bridgehead atoms. The number of ether oxygens (including phenoxy) is 2. The van der Waals surface area contributed by atoms with E-state index in [1.165, 1.54) is 77.0 Å². The molecule has 0 heterocycles. The van der Waals surface area contributed by atoms with Gasteiger partial charge in [0.15, 0.2) is 6.10 Å². The van der Waals surface area contributed by atoms with Crippen molar-refractivity contribution in [2.24, 2.45) is 0 Å². The van der Waals surface area contributed by atoms with Crippen LogP contribution in [0.2, 0.25) is 0 Å². The highest BCUT2D eigenvalue weighted by atomic mass is 31.2. The molecule has 0 spiro atoms. The largest absolute Gasteiger partial charge is 0.790 e. The van der Waals surface area contributed by atoms with Crippen LogP contribution in [0.5, 0.6) is 0 Å². The van der Waals surface area contributed by atoms with Crippen molar-refractivity contribution < 1.29 is 37.9 Å². The molecule has 0 aromatic heterocycles. The fraction of sp³-hybridized carbons (Fsp3) is 0.838. The third-order valence-electron chi connectivity index (χ3n) is 7.93. The van der Waals surface area contributed by atoms with Crippen molar-refractivity contribution in [3.05, 3.63) is 24.3 Å². The highest BCUT2D eigenvalue weighted by Gasteiger charge is 2.18. The van der Waals surface area contributed by atoms with Crippen LogP contribution in [0, 0.1) is 0 Å². The molecular formula is C37H67O8P-2. The van der Waals surface area contributed by atoms with Gasteiger partial charge in [-0.25, -0.2) is 0 Å². The lowest BCUT2D eigenvalue weighted by Crippen LogP contribution is -2.31. The Balaban J connectivity index is 3.98. The summed E-state index contributed by atoms with van der Waals surface area (Å²) in [6, 6.07) is 0. The average Bonchev–Trinajstić information content (AvgIpc) is 3.02. The normalized spacial score (nSPS) is 12.7. The van der Waals surface area contributed by atoms with Gasteiger partial charge in [-0.3, -0.25) is 9.59 Å². The summed E-state index contributed by atoms with van der Waals surface area (Å²) in [7, 11) is -5.25. The predicted molar refractivity (Wildman–Crippen MR) is 184 cm³/mol. The lowest BCUT2D eigenvalue weighted by atomic mass is 10.1. The van der Waals surface area contributed by atoms with E-state index in [0.29, 0.717) is 12.8 Å². The molecule has 0 saturated carbocycles. The Kier molecular flexibility index (Phi) is 32.4. The van der Waals surface area contributed by atoms with Crippen LogP contribution in [0.25, 0.3) is 0 Å². The van der Waals surface area contributed by atoms with Crippen LogP contribution >= 0.6 is 7.82 Å². The Labute approximate surface area is 281 Å². The van der Waals surface area contributed by atoms with Crippen LogP contribution in [0.3, 0.4) is 0 Å². The standard InChI is InChI=1S/C37H69O8P/c1-3-5-7-9-11-13-15-17-18-20-21-23-25-27-29-31-36(38)43-33-35(34-44-46(40,41)42)45-37(39)32-30-28-26-24-22-19-16-14-12-10-8-6-4-2/h13-16,35H,3-12,17-34H2,1-2H3,(H2,40,41,42)/p-2/b15-13-,16-14-/t35-/m1/s1. The molecule has 0 aliphatic rings. The van der Waals surface area contributed by atoms with E-state index >= 15 is 0 Å². The number of phosphoric ester groups is 1. The smallest absolute Gasteiger partial charge is 0.306 e. The summed E-state index contributed by atoms with van der Waals surface area (Å²) in [4.78, 5) is 46.3. The molecule has 270 valence electrons. The Morgan fingerprint density at radius 2 is 0.913 bits per heavy atom. The Morgan fingerprint density at radius 3 is 1.33 bits per heavy atom. The van der Waals surface area contributed by atoms with Gasteiger partial charge in [0.2, 0.25) is 0 Å². The van der Waals surface area contributed by atoms with E-state index in [2.05, 4.69) is 42.7 Å². The minimum Gasteiger partial charge on any atom is -0.790 e. The molecule has 0 aliphatic carbocycles. The number of allylic oxidation sites excluding steroid dienone is 4. The molecule has 1 atom stereocenters. The predicted octanol–water partition coefficient (Wildman–Crippen LogP) is 9.58. The quantitative estimate of drug-likeness (QED) is 0.0287. The number of carbonyl (C=O) groups is 2. The molecule has 0 aromatic rings. The van der Waals surface area contributed by atoms with Gasteiger partial charge in [0.25, 0.3) is 0 Å². The Morgan fingerprint density at radius 1 is 0.543 bits per heavy atom. The van der Waals surface area contributed by atoms with E-state index in [-0.39, 0.29) is 19.4 Å². The van der Waals surface area contributed by atoms with Crippen molar-refractivity contribution in [1.29, 1.82) is 0 Å². The van der Waals surface area contributed by atoms with E-state index in [1.54, 1.807) is 0 Å². The fourth-order valence-electron chi connectivity index (χ4n) is 5.12. The molecule has 0 unspecified atom stereocenters. The topological polar surface area (TPSA) is 125 Å². The number of carbonyl (C=O) groups excluding carboxylic acids is 2. The molecule has 0 saturated heterocycles. The molecule has 46 heavy (non-hydrogen) atoms. The SMILES string of the molecule is CCCCCC/C=C\CCCCCCCCCC(=O)OC[C@H](COP(=O)([O-])[O-])OC(=O)CCCCCCC/C=C\CCCCCC. The number of phosphoric acid groups is 1. The van der Waals surface area contributed by atoms with E-state index < -0.39 is 32.5 Å². The molecule has 0 amide bonds. The van der Waals surface area contributed by atoms with Crippen molar-refractivity contribution in [2.45, 2.75) is 187 Å². The van der Waals surface area contributed by atoms with Gasteiger partial charge < -0.3 is 28.3 Å². The molecule has 0 aliphatic heterocycles. The maximum atomic E-state index is 12.3. The molecule has 0 rings (SSSR count). The minimum atomic E-state index is -5.25. The summed E-state index contributed by atoms with van der Waals surface area (Å²) >= 11 is 0. The van der Waals surface area contributed by atoms with Crippen LogP contribution in [0.1, 0.15) is 181 Å². The third-order valence-corrected chi connectivity index (χ3v) is 8.40. The van der Waals surface area contributed by atoms with Gasteiger partial charge in [-0.2, -0.15) is 0 Å². The second kappa shape index (κ2) is 33.4. The van der Waals surface area contributed by atoms with Crippen molar-refractivity contribution in [1.82, 2.24) is 0 Å². The van der Waals surface area contributed by atoms with Crippen molar-refractivity contribution >= 4 is 19.8 Å². The molecule has 0 radical (unpaired) electrons. The molecule has 9 heteroatoms. The molecular weight excluding hydrogens is 603 g/mol. The van der Waals surface area contributed by atoms with E-state index in [4.69, 9.17) is 9.47 Å². The van der Waals surface area contributed by atoms with Crippen molar-refractivity contribution in [3.63, 3.8) is 0 Å². The van der Waals surface area contributed by atoms with Crippen LogP contribution in [-0.2, 0) is 28.2 Å². The first kappa shape index (κ1) is 44.5. The van der Waals surface area contributed by atoms with Crippen LogP contribution in [0.4, 0.5) is 0 Å². The number of hydrogen-bond donors (Lipinski definition) is 0. The van der Waals surface area contributed by atoms with Crippen LogP contribution in [0.15, 0.2) is 24.3 Å². The monoisotopic (exact) mass is 670 g/mol. The van der Waals surface area contributed by atoms with Gasteiger partial charge in [0.1, 0.15) is 6.61 Å². The number of hydrogen-bond acceptors (Lipinski definition) is 8. The highest BCUT2D eigenvalue weighted by molar-refractivity contribution is 7.43. The summed E-state index contributed by atoms with van der Waals surface area (Å²) in [6.07, 6.45) is 35.7. The lowest BCUT2D eigenvalue weighted by molar-refractivity contribution is -0.343. The average molecular weight is 671 g/mol. The van der Waals surface area contributed by atoms with Crippen molar-refractivity contribution in [2.75, 3.05) is 13.2 Å². The van der Waals surface area contributed by atoms with Crippen LogP contribution < -0.4 is 9.79 Å². The Bertz CT molecular complexity index is 807. The molecule has 8 nitrogen and oxygen atoms in total. The number of esters is 2. The first-order valence-corrected chi connectivity index (χ1v) is 20.1. The maximum absolute atomic E-state index is 12.3. The second-order valence-electron chi connectivity index (χ2n) is 12.5. The maximum Gasteiger partial charge on any atom is 0.306 e. The molecule has 0 N–H and O–H groups in total. The van der Waals surface area contributed by atoms with Gasteiger partial charge in [-0.1, -0.05) is 128 Å². The summed E-state index contributed by atoms with van der Waals surface area (Å²) in [5, 5.41) is 0. The summed E-state index contributed by atoms with van der Waals surface area (Å²) in [6.45, 7) is 3.45. The first-order valence-electron chi connectivity index (χ1n) is 18.6.